The van der Waals surface area contributed by atoms with Gasteiger partial charge in [-0.15, -0.1) is 0 Å². The highest BCUT2D eigenvalue weighted by atomic mass is 16.2. The van der Waals surface area contributed by atoms with Crippen molar-refractivity contribution in [1.82, 2.24) is 19.9 Å². The van der Waals surface area contributed by atoms with Crippen LogP contribution in [0.25, 0.3) is 0 Å². The van der Waals surface area contributed by atoms with Crippen LogP contribution in [-0.4, -0.2) is 66.0 Å². The molecule has 0 saturated carbocycles. The summed E-state index contributed by atoms with van der Waals surface area (Å²) in [5.74, 6) is 1.51. The Morgan fingerprint density at radius 2 is 1.64 bits per heavy atom. The average Bonchev–Trinajstić information content (AvgIpc) is 2.60. The largest absolute Gasteiger partial charge is 0.352 e. The number of hydrogen-bond acceptors (Lipinski definition) is 6. The third-order valence-electron chi connectivity index (χ3n) is 4.26. The molecule has 0 aliphatic carbocycles. The summed E-state index contributed by atoms with van der Waals surface area (Å²) in [7, 11) is 3.52. The summed E-state index contributed by atoms with van der Waals surface area (Å²) < 4.78 is 0. The van der Waals surface area contributed by atoms with E-state index in [4.69, 9.17) is 0 Å². The van der Waals surface area contributed by atoms with Crippen LogP contribution in [0.3, 0.4) is 0 Å². The molecule has 2 aromatic rings. The number of hydrogen-bond donors (Lipinski definition) is 0. The second-order valence-corrected chi connectivity index (χ2v) is 6.50. The summed E-state index contributed by atoms with van der Waals surface area (Å²) >= 11 is 0. The van der Waals surface area contributed by atoms with Crippen LogP contribution in [-0.2, 0) is 0 Å². The second kappa shape index (κ2) is 7.04. The Balaban J connectivity index is 1.76. The van der Waals surface area contributed by atoms with Crippen LogP contribution in [0.1, 0.15) is 21.7 Å². The molecule has 0 aromatic carbocycles. The lowest BCUT2D eigenvalue weighted by molar-refractivity contribution is 0.0827. The zero-order valence-corrected chi connectivity index (χ0v) is 15.2. The Kier molecular flexibility index (Phi) is 4.83. The van der Waals surface area contributed by atoms with Crippen molar-refractivity contribution >= 4 is 17.7 Å². The summed E-state index contributed by atoms with van der Waals surface area (Å²) in [5.41, 5.74) is 2.60. The highest BCUT2D eigenvalue weighted by molar-refractivity contribution is 5.98. The van der Waals surface area contributed by atoms with Crippen LogP contribution in [0.4, 0.5) is 11.8 Å². The number of piperazine rings is 1. The van der Waals surface area contributed by atoms with Crippen molar-refractivity contribution in [3.05, 3.63) is 41.3 Å². The molecule has 1 fully saturated rings. The molecule has 0 radical (unpaired) electrons. The lowest BCUT2D eigenvalue weighted by Crippen LogP contribution is -2.48. The first kappa shape index (κ1) is 17.1. The van der Waals surface area contributed by atoms with Gasteiger partial charge in [0.25, 0.3) is 5.91 Å². The van der Waals surface area contributed by atoms with Crippen molar-refractivity contribution in [2.24, 2.45) is 0 Å². The number of amides is 1. The van der Waals surface area contributed by atoms with Gasteiger partial charge in [0.05, 0.1) is 5.56 Å². The van der Waals surface area contributed by atoms with E-state index in [1.165, 1.54) is 0 Å². The fourth-order valence-electron chi connectivity index (χ4n) is 3.02. The molecular formula is C18H24N6O. The third kappa shape index (κ3) is 3.70. The summed E-state index contributed by atoms with van der Waals surface area (Å²) in [6.45, 7) is 7.13. The van der Waals surface area contributed by atoms with Gasteiger partial charge in [-0.2, -0.15) is 0 Å². The van der Waals surface area contributed by atoms with E-state index in [-0.39, 0.29) is 5.91 Å². The minimum atomic E-state index is -0.0248. The van der Waals surface area contributed by atoms with Crippen molar-refractivity contribution in [3.63, 3.8) is 0 Å². The van der Waals surface area contributed by atoms with Gasteiger partial charge in [-0.05, 0) is 32.0 Å². The predicted octanol–water partition coefficient (Wildman–Crippen LogP) is 1.52. The number of rotatable bonds is 3. The number of nitrogens with zero attached hydrogens (tertiary/aromatic N) is 6. The van der Waals surface area contributed by atoms with Gasteiger partial charge in [-0.25, -0.2) is 15.0 Å². The number of aryl methyl sites for hydroxylation is 2. The van der Waals surface area contributed by atoms with Gasteiger partial charge < -0.3 is 14.7 Å². The molecule has 132 valence electrons. The van der Waals surface area contributed by atoms with Gasteiger partial charge >= 0.3 is 0 Å². The van der Waals surface area contributed by atoms with E-state index in [1.54, 1.807) is 31.3 Å². The van der Waals surface area contributed by atoms with E-state index >= 15 is 0 Å². The van der Waals surface area contributed by atoms with Gasteiger partial charge in [0.1, 0.15) is 5.82 Å². The average molecular weight is 340 g/mol. The van der Waals surface area contributed by atoms with Crippen LogP contribution in [0.2, 0.25) is 0 Å². The topological polar surface area (TPSA) is 65.5 Å². The zero-order valence-electron chi connectivity index (χ0n) is 15.2. The van der Waals surface area contributed by atoms with Crippen molar-refractivity contribution in [3.8, 4) is 0 Å². The molecule has 1 saturated heterocycles. The molecule has 1 aliphatic rings. The summed E-state index contributed by atoms with van der Waals surface area (Å²) in [4.78, 5) is 31.9. The minimum Gasteiger partial charge on any atom is -0.352 e. The van der Waals surface area contributed by atoms with Gasteiger partial charge in [0.2, 0.25) is 5.95 Å². The van der Waals surface area contributed by atoms with Crippen LogP contribution < -0.4 is 9.80 Å². The molecule has 0 bridgehead atoms. The summed E-state index contributed by atoms with van der Waals surface area (Å²) in [6.07, 6.45) is 1.74. The Labute approximate surface area is 148 Å². The minimum absolute atomic E-state index is 0.0248. The molecule has 0 spiro atoms. The van der Waals surface area contributed by atoms with Crippen LogP contribution in [0, 0.1) is 13.8 Å². The van der Waals surface area contributed by atoms with Crippen molar-refractivity contribution in [2.75, 3.05) is 50.1 Å². The van der Waals surface area contributed by atoms with Crippen molar-refractivity contribution < 1.29 is 4.79 Å². The van der Waals surface area contributed by atoms with Crippen LogP contribution >= 0.6 is 0 Å². The first-order valence-corrected chi connectivity index (χ1v) is 8.44. The molecule has 0 unspecified atom stereocenters. The van der Waals surface area contributed by atoms with E-state index in [0.29, 0.717) is 5.56 Å². The maximum atomic E-state index is 12.4. The maximum Gasteiger partial charge on any atom is 0.257 e. The second-order valence-electron chi connectivity index (χ2n) is 6.50. The van der Waals surface area contributed by atoms with Crippen molar-refractivity contribution in [2.45, 2.75) is 13.8 Å². The standard InChI is InChI=1S/C18H24N6O/c1-13-12-14(2)21-18(20-13)24-10-8-23(9-11-24)16-15(6-5-7-19-16)17(25)22(3)4/h5-7,12H,8-11H2,1-4H3. The molecule has 3 rings (SSSR count). The van der Waals surface area contributed by atoms with E-state index in [0.717, 1.165) is 49.3 Å². The SMILES string of the molecule is Cc1cc(C)nc(N2CCN(c3ncccc3C(=O)N(C)C)CC2)n1. The summed E-state index contributed by atoms with van der Waals surface area (Å²) in [6, 6.07) is 5.62. The van der Waals surface area contributed by atoms with E-state index in [9.17, 15) is 4.79 Å². The number of anilines is 2. The Morgan fingerprint density at radius 1 is 1.04 bits per heavy atom. The molecule has 7 nitrogen and oxygen atoms in total. The lowest BCUT2D eigenvalue weighted by atomic mass is 10.2. The molecule has 3 heterocycles. The highest BCUT2D eigenvalue weighted by Gasteiger charge is 2.24. The van der Waals surface area contributed by atoms with Crippen LogP contribution in [0.5, 0.6) is 0 Å². The first-order valence-electron chi connectivity index (χ1n) is 8.44. The number of pyridine rings is 1. The maximum absolute atomic E-state index is 12.4. The molecule has 0 N–H and O–H groups in total. The van der Waals surface area contributed by atoms with E-state index in [2.05, 4.69) is 24.8 Å². The smallest absolute Gasteiger partial charge is 0.257 e. The molecule has 7 heteroatoms. The molecule has 0 atom stereocenters. The number of aromatic nitrogens is 3. The Bertz CT molecular complexity index is 748. The monoisotopic (exact) mass is 340 g/mol. The molecule has 1 aliphatic heterocycles. The Hall–Kier alpha value is -2.70. The fraction of sp³-hybridized carbons (Fsp3) is 0.444. The van der Waals surface area contributed by atoms with Crippen LogP contribution in [0.15, 0.2) is 24.4 Å². The van der Waals surface area contributed by atoms with Gasteiger partial charge in [-0.1, -0.05) is 0 Å². The van der Waals surface area contributed by atoms with E-state index < -0.39 is 0 Å². The molecular weight excluding hydrogens is 316 g/mol. The normalized spacial score (nSPS) is 14.6. The lowest BCUT2D eigenvalue weighted by Gasteiger charge is -2.36. The van der Waals surface area contributed by atoms with Gasteiger partial charge in [-0.3, -0.25) is 4.79 Å². The number of carbonyl (C=O) groups excluding carboxylic acids is 1. The quantitative estimate of drug-likeness (QED) is 0.844. The first-order chi connectivity index (χ1) is 12.0. The third-order valence-corrected chi connectivity index (χ3v) is 4.26. The zero-order chi connectivity index (χ0) is 18.0. The molecule has 25 heavy (non-hydrogen) atoms. The Morgan fingerprint density at radius 3 is 2.24 bits per heavy atom. The number of carbonyl (C=O) groups is 1. The summed E-state index contributed by atoms with van der Waals surface area (Å²) in [5, 5.41) is 0. The van der Waals surface area contributed by atoms with Gasteiger partial charge in [0, 0.05) is 57.9 Å². The molecule has 1 amide bonds. The molecule has 2 aromatic heterocycles. The van der Waals surface area contributed by atoms with E-state index in [1.807, 2.05) is 26.0 Å². The predicted molar refractivity (Wildman–Crippen MR) is 98.2 cm³/mol. The van der Waals surface area contributed by atoms with Gasteiger partial charge in [0.15, 0.2) is 0 Å². The highest BCUT2D eigenvalue weighted by Crippen LogP contribution is 2.21. The van der Waals surface area contributed by atoms with Crippen molar-refractivity contribution in [1.29, 1.82) is 0 Å². The fourth-order valence-corrected chi connectivity index (χ4v) is 3.02.